The summed E-state index contributed by atoms with van der Waals surface area (Å²) in [5.41, 5.74) is -1.43. The van der Waals surface area contributed by atoms with Crippen molar-refractivity contribution in [1.29, 1.82) is 0 Å². The van der Waals surface area contributed by atoms with Crippen molar-refractivity contribution in [3.8, 4) is 0 Å². The molecular weight excluding hydrogens is 302 g/mol. The third-order valence-electron chi connectivity index (χ3n) is 5.44. The van der Waals surface area contributed by atoms with Gasteiger partial charge >= 0.3 is 0 Å². The fourth-order valence-corrected chi connectivity index (χ4v) is 3.86. The highest BCUT2D eigenvalue weighted by atomic mass is 16.5. The van der Waals surface area contributed by atoms with Gasteiger partial charge in [-0.25, -0.2) is 0 Å². The largest absolute Gasteiger partial charge is 0.549 e. The lowest BCUT2D eigenvalue weighted by Gasteiger charge is -2.51. The SMILES string of the molecule is CCCCC(CCCC)(OC)C(CCCC)(CCCC)C(=O)[O-].[NH4+]. The second-order valence-electron chi connectivity index (χ2n) is 6.98. The standard InChI is InChI=1S/C20H40O3.H3N/c1-6-10-14-19(18(21)22,15-11-7-2)20(23-5,16-12-8-3)17-13-9-4;/h6-17H2,1-5H3,(H,21,22);1H3. The van der Waals surface area contributed by atoms with E-state index in [9.17, 15) is 9.90 Å². The van der Waals surface area contributed by atoms with E-state index in [0.29, 0.717) is 12.8 Å². The molecule has 0 unspecified atom stereocenters. The highest BCUT2D eigenvalue weighted by Crippen LogP contribution is 2.49. The number of methoxy groups -OCH3 is 1. The molecule has 0 aromatic heterocycles. The summed E-state index contributed by atoms with van der Waals surface area (Å²) < 4.78 is 6.04. The zero-order valence-electron chi connectivity index (χ0n) is 17.2. The number of ether oxygens (including phenoxy) is 1. The van der Waals surface area contributed by atoms with Gasteiger partial charge in [-0.15, -0.1) is 0 Å². The van der Waals surface area contributed by atoms with Crippen LogP contribution in [-0.4, -0.2) is 18.7 Å². The number of aliphatic carboxylic acids is 1. The molecule has 0 saturated carbocycles. The van der Waals surface area contributed by atoms with Crippen LogP contribution >= 0.6 is 0 Å². The minimum atomic E-state index is -0.895. The van der Waals surface area contributed by atoms with Gasteiger partial charge in [-0.05, 0) is 25.7 Å². The highest BCUT2D eigenvalue weighted by molar-refractivity contribution is 5.74. The van der Waals surface area contributed by atoms with Gasteiger partial charge in [-0.2, -0.15) is 0 Å². The van der Waals surface area contributed by atoms with Gasteiger partial charge in [0.15, 0.2) is 0 Å². The quantitative estimate of drug-likeness (QED) is 0.440. The first-order chi connectivity index (χ1) is 11.0. The number of quaternary nitrogens is 1. The van der Waals surface area contributed by atoms with Gasteiger partial charge in [0.2, 0.25) is 0 Å². The Balaban J connectivity index is 0. The average Bonchev–Trinajstić information content (AvgIpc) is 2.56. The maximum atomic E-state index is 12.4. The number of hydrogen-bond acceptors (Lipinski definition) is 3. The maximum absolute atomic E-state index is 12.4. The molecule has 0 aliphatic rings. The Morgan fingerprint density at radius 3 is 1.38 bits per heavy atom. The highest BCUT2D eigenvalue weighted by Gasteiger charge is 2.50. The van der Waals surface area contributed by atoms with Crippen LogP contribution in [0.1, 0.15) is 105 Å². The predicted octanol–water partition coefficient (Wildman–Crippen LogP) is 5.24. The lowest BCUT2D eigenvalue weighted by atomic mass is 9.62. The molecular formula is C20H43NO3. The van der Waals surface area contributed by atoms with Gasteiger partial charge in [-0.1, -0.05) is 79.1 Å². The maximum Gasteiger partial charge on any atom is 0.0786 e. The van der Waals surface area contributed by atoms with Crippen LogP contribution in [0, 0.1) is 5.41 Å². The lowest BCUT2D eigenvalue weighted by molar-refractivity contribution is -0.332. The summed E-state index contributed by atoms with van der Waals surface area (Å²) in [5, 5.41) is 12.4. The van der Waals surface area contributed by atoms with Crippen LogP contribution in [-0.2, 0) is 9.53 Å². The second kappa shape index (κ2) is 13.7. The predicted molar refractivity (Wildman–Crippen MR) is 101 cm³/mol. The van der Waals surface area contributed by atoms with E-state index in [1.54, 1.807) is 7.11 Å². The number of hydrogen-bond donors (Lipinski definition) is 1. The lowest BCUT2D eigenvalue weighted by Crippen LogP contribution is -2.59. The van der Waals surface area contributed by atoms with Crippen LogP contribution < -0.4 is 11.3 Å². The number of unbranched alkanes of at least 4 members (excludes halogenated alkanes) is 4. The van der Waals surface area contributed by atoms with Gasteiger partial charge in [0.05, 0.1) is 11.6 Å². The fraction of sp³-hybridized carbons (Fsp3) is 0.950. The van der Waals surface area contributed by atoms with Crippen molar-refractivity contribution in [1.82, 2.24) is 6.15 Å². The summed E-state index contributed by atoms with van der Waals surface area (Å²) in [6.45, 7) is 8.54. The van der Waals surface area contributed by atoms with Gasteiger partial charge < -0.3 is 20.8 Å². The first-order valence-electron chi connectivity index (χ1n) is 9.76. The number of rotatable bonds is 15. The van der Waals surface area contributed by atoms with E-state index in [1.807, 2.05) is 0 Å². The molecule has 0 bridgehead atoms. The molecule has 0 aromatic carbocycles. The van der Waals surface area contributed by atoms with E-state index in [2.05, 4.69) is 27.7 Å². The molecule has 0 atom stereocenters. The Hall–Kier alpha value is -0.610. The molecule has 4 N–H and O–H groups in total. The third-order valence-corrected chi connectivity index (χ3v) is 5.44. The Morgan fingerprint density at radius 2 is 1.12 bits per heavy atom. The molecule has 0 rings (SSSR count). The van der Waals surface area contributed by atoms with Gasteiger partial charge in [0.25, 0.3) is 0 Å². The average molecular weight is 346 g/mol. The van der Waals surface area contributed by atoms with Crippen molar-refractivity contribution in [3.63, 3.8) is 0 Å². The third kappa shape index (κ3) is 6.36. The Kier molecular flexibility index (Phi) is 14.6. The second-order valence-corrected chi connectivity index (χ2v) is 6.98. The van der Waals surface area contributed by atoms with E-state index >= 15 is 0 Å². The first-order valence-corrected chi connectivity index (χ1v) is 9.76. The summed E-state index contributed by atoms with van der Waals surface area (Å²) in [4.78, 5) is 12.4. The van der Waals surface area contributed by atoms with Crippen LogP contribution in [0.25, 0.3) is 0 Å². The van der Waals surface area contributed by atoms with Crippen molar-refractivity contribution < 1.29 is 14.6 Å². The van der Waals surface area contributed by atoms with Gasteiger partial charge in [0, 0.05) is 12.5 Å². The molecule has 0 spiro atoms. The molecule has 0 aliphatic heterocycles. The molecule has 4 heteroatoms. The Morgan fingerprint density at radius 1 is 0.792 bits per heavy atom. The van der Waals surface area contributed by atoms with Crippen LogP contribution in [0.4, 0.5) is 0 Å². The fourth-order valence-electron chi connectivity index (χ4n) is 3.86. The van der Waals surface area contributed by atoms with E-state index in [4.69, 9.17) is 4.74 Å². The molecule has 0 amide bonds. The van der Waals surface area contributed by atoms with Crippen molar-refractivity contribution in [2.45, 2.75) is 110 Å². The number of carboxylic acid groups (broad SMARTS) is 1. The van der Waals surface area contributed by atoms with Crippen LogP contribution in [0.2, 0.25) is 0 Å². The molecule has 0 aromatic rings. The number of carbonyl (C=O) groups excluding carboxylic acids is 1. The molecule has 4 nitrogen and oxygen atoms in total. The number of carboxylic acids is 1. The summed E-state index contributed by atoms with van der Waals surface area (Å²) in [6.07, 6.45) is 11.0. The normalized spacial score (nSPS) is 12.0. The minimum Gasteiger partial charge on any atom is -0.549 e. The molecule has 146 valence electrons. The van der Waals surface area contributed by atoms with Crippen LogP contribution in [0.3, 0.4) is 0 Å². The van der Waals surface area contributed by atoms with Crippen molar-refractivity contribution in [2.24, 2.45) is 5.41 Å². The molecule has 0 heterocycles. The van der Waals surface area contributed by atoms with Crippen molar-refractivity contribution in [2.75, 3.05) is 7.11 Å². The topological polar surface area (TPSA) is 85.9 Å². The zero-order chi connectivity index (χ0) is 17.8. The van der Waals surface area contributed by atoms with E-state index < -0.39 is 17.0 Å². The summed E-state index contributed by atoms with van der Waals surface area (Å²) >= 11 is 0. The Labute approximate surface area is 150 Å². The van der Waals surface area contributed by atoms with Crippen LogP contribution in [0.15, 0.2) is 0 Å². The Bertz CT molecular complexity index is 302. The molecule has 24 heavy (non-hydrogen) atoms. The summed E-state index contributed by atoms with van der Waals surface area (Å²) in [7, 11) is 1.71. The first kappa shape index (κ1) is 25.6. The molecule has 0 saturated heterocycles. The van der Waals surface area contributed by atoms with Gasteiger partial charge in [0.1, 0.15) is 0 Å². The van der Waals surface area contributed by atoms with E-state index in [0.717, 1.165) is 64.2 Å². The monoisotopic (exact) mass is 345 g/mol. The van der Waals surface area contributed by atoms with Gasteiger partial charge in [-0.3, -0.25) is 0 Å². The minimum absolute atomic E-state index is 0. The van der Waals surface area contributed by atoms with Crippen molar-refractivity contribution in [3.05, 3.63) is 0 Å². The zero-order valence-corrected chi connectivity index (χ0v) is 17.2. The summed E-state index contributed by atoms with van der Waals surface area (Å²) in [5.74, 6) is -0.895. The smallest absolute Gasteiger partial charge is 0.0786 e. The molecule has 0 fully saturated rings. The van der Waals surface area contributed by atoms with Crippen molar-refractivity contribution >= 4 is 5.97 Å². The number of carbonyl (C=O) groups is 1. The summed E-state index contributed by atoms with van der Waals surface area (Å²) in [6, 6.07) is 0. The van der Waals surface area contributed by atoms with Crippen LogP contribution in [0.5, 0.6) is 0 Å². The van der Waals surface area contributed by atoms with E-state index in [-0.39, 0.29) is 6.15 Å². The van der Waals surface area contributed by atoms with E-state index in [1.165, 1.54) is 0 Å². The molecule has 0 aliphatic carbocycles. The molecule has 0 radical (unpaired) electrons.